The number of para-hydroxylation sites is 1. The highest BCUT2D eigenvalue weighted by atomic mass is 35.5. The summed E-state index contributed by atoms with van der Waals surface area (Å²) in [5.74, 6) is 0. The first kappa shape index (κ1) is 12.6. The van der Waals surface area contributed by atoms with Gasteiger partial charge in [0, 0.05) is 29.4 Å². The number of fused-ring (bicyclic) bond motifs is 2. The molecular weight excluding hydrogens is 254 g/mol. The summed E-state index contributed by atoms with van der Waals surface area (Å²) in [6, 6.07) is 14.9. The summed E-state index contributed by atoms with van der Waals surface area (Å²) in [4.78, 5) is 2.44. The van der Waals surface area contributed by atoms with Gasteiger partial charge in [0.1, 0.15) is 0 Å². The van der Waals surface area contributed by atoms with Crippen LogP contribution in [0.25, 0.3) is 0 Å². The molecular formula is C17H18ClN. The molecule has 0 bridgehead atoms. The Balaban J connectivity index is 2.07. The molecule has 0 fully saturated rings. The zero-order valence-electron chi connectivity index (χ0n) is 11.2. The van der Waals surface area contributed by atoms with Crippen molar-refractivity contribution in [1.29, 1.82) is 0 Å². The van der Waals surface area contributed by atoms with Crippen molar-refractivity contribution in [1.82, 2.24) is 0 Å². The lowest BCUT2D eigenvalue weighted by Gasteiger charge is -2.33. The molecule has 0 aliphatic carbocycles. The van der Waals surface area contributed by atoms with Gasteiger partial charge in [-0.15, -0.1) is 0 Å². The molecule has 0 atom stereocenters. The van der Waals surface area contributed by atoms with Gasteiger partial charge in [-0.25, -0.2) is 0 Å². The van der Waals surface area contributed by atoms with E-state index in [2.05, 4.69) is 48.2 Å². The van der Waals surface area contributed by atoms with E-state index >= 15 is 0 Å². The normalized spacial score (nSPS) is 13.1. The van der Waals surface area contributed by atoms with Crippen LogP contribution in [0.4, 0.5) is 11.4 Å². The Bertz CT molecular complexity index is 592. The summed E-state index contributed by atoms with van der Waals surface area (Å²) >= 11 is 6.14. The standard InChI is InChI=1S/C17H18ClN/c1-2-3-10-19-16-7-5-4-6-13(16)11-14-12-15(18)8-9-17(14)19/h4-9,12H,2-3,10-11H2,1H3. The van der Waals surface area contributed by atoms with Gasteiger partial charge in [-0.3, -0.25) is 0 Å². The van der Waals surface area contributed by atoms with Gasteiger partial charge in [-0.2, -0.15) is 0 Å². The predicted molar refractivity (Wildman–Crippen MR) is 82.6 cm³/mol. The van der Waals surface area contributed by atoms with Crippen LogP contribution in [0.2, 0.25) is 5.02 Å². The molecule has 0 amide bonds. The van der Waals surface area contributed by atoms with E-state index in [0.29, 0.717) is 0 Å². The third-order valence-electron chi connectivity index (χ3n) is 3.73. The second kappa shape index (κ2) is 5.26. The topological polar surface area (TPSA) is 3.24 Å². The average molecular weight is 272 g/mol. The fourth-order valence-electron chi connectivity index (χ4n) is 2.77. The van der Waals surface area contributed by atoms with Crippen molar-refractivity contribution in [2.75, 3.05) is 11.4 Å². The molecule has 98 valence electrons. The lowest BCUT2D eigenvalue weighted by Crippen LogP contribution is -2.24. The first-order valence-corrected chi connectivity index (χ1v) is 7.31. The molecule has 0 radical (unpaired) electrons. The monoisotopic (exact) mass is 271 g/mol. The third kappa shape index (κ3) is 2.35. The van der Waals surface area contributed by atoms with Crippen LogP contribution in [0.5, 0.6) is 0 Å². The molecule has 2 aromatic rings. The third-order valence-corrected chi connectivity index (χ3v) is 3.97. The first-order valence-electron chi connectivity index (χ1n) is 6.93. The van der Waals surface area contributed by atoms with Crippen molar-refractivity contribution in [2.45, 2.75) is 26.2 Å². The summed E-state index contributed by atoms with van der Waals surface area (Å²) in [6.07, 6.45) is 3.40. The zero-order chi connectivity index (χ0) is 13.2. The lowest BCUT2D eigenvalue weighted by atomic mass is 9.95. The van der Waals surface area contributed by atoms with E-state index < -0.39 is 0 Å². The molecule has 0 saturated carbocycles. The Labute approximate surface area is 119 Å². The molecule has 1 aliphatic heterocycles. The quantitative estimate of drug-likeness (QED) is 0.743. The summed E-state index contributed by atoms with van der Waals surface area (Å²) in [7, 11) is 0. The van der Waals surface area contributed by atoms with Crippen molar-refractivity contribution in [3.8, 4) is 0 Å². The minimum absolute atomic E-state index is 0.827. The minimum Gasteiger partial charge on any atom is -0.341 e. The SMILES string of the molecule is CCCCN1c2ccccc2Cc2cc(Cl)ccc21. The van der Waals surface area contributed by atoms with Gasteiger partial charge in [-0.1, -0.05) is 43.1 Å². The fraction of sp³-hybridized carbons (Fsp3) is 0.294. The van der Waals surface area contributed by atoms with Crippen LogP contribution in [-0.4, -0.2) is 6.54 Å². The van der Waals surface area contributed by atoms with Crippen molar-refractivity contribution in [3.63, 3.8) is 0 Å². The Kier molecular flexibility index (Phi) is 3.48. The molecule has 3 rings (SSSR count). The molecule has 2 aromatic carbocycles. The maximum absolute atomic E-state index is 6.14. The molecule has 2 heteroatoms. The van der Waals surface area contributed by atoms with Gasteiger partial charge in [0.05, 0.1) is 0 Å². The van der Waals surface area contributed by atoms with E-state index in [4.69, 9.17) is 11.6 Å². The maximum atomic E-state index is 6.14. The van der Waals surface area contributed by atoms with Gasteiger partial charge in [0.25, 0.3) is 0 Å². The number of halogens is 1. The smallest absolute Gasteiger partial charge is 0.0447 e. The Hall–Kier alpha value is -1.47. The van der Waals surface area contributed by atoms with Crippen LogP contribution in [0.15, 0.2) is 42.5 Å². The van der Waals surface area contributed by atoms with Crippen LogP contribution in [0, 0.1) is 0 Å². The van der Waals surface area contributed by atoms with Crippen molar-refractivity contribution in [2.24, 2.45) is 0 Å². The van der Waals surface area contributed by atoms with Gasteiger partial charge in [0.15, 0.2) is 0 Å². The van der Waals surface area contributed by atoms with Crippen LogP contribution < -0.4 is 4.90 Å². The van der Waals surface area contributed by atoms with Crippen molar-refractivity contribution in [3.05, 3.63) is 58.6 Å². The molecule has 0 aromatic heterocycles. The second-order valence-electron chi connectivity index (χ2n) is 5.08. The Morgan fingerprint density at radius 3 is 2.68 bits per heavy atom. The summed E-state index contributed by atoms with van der Waals surface area (Å²) < 4.78 is 0. The number of nitrogens with zero attached hydrogens (tertiary/aromatic N) is 1. The Morgan fingerprint density at radius 1 is 1.05 bits per heavy atom. The molecule has 0 N–H and O–H groups in total. The molecule has 1 nitrogen and oxygen atoms in total. The van der Waals surface area contributed by atoms with Gasteiger partial charge in [0.2, 0.25) is 0 Å². The van der Waals surface area contributed by atoms with E-state index in [1.165, 1.54) is 35.3 Å². The van der Waals surface area contributed by atoms with Crippen LogP contribution >= 0.6 is 11.6 Å². The Morgan fingerprint density at radius 2 is 1.84 bits per heavy atom. The van der Waals surface area contributed by atoms with Crippen LogP contribution in [-0.2, 0) is 6.42 Å². The molecule has 19 heavy (non-hydrogen) atoms. The molecule has 1 heterocycles. The zero-order valence-corrected chi connectivity index (χ0v) is 12.0. The number of anilines is 2. The second-order valence-corrected chi connectivity index (χ2v) is 5.52. The highest BCUT2D eigenvalue weighted by Crippen LogP contribution is 2.39. The number of unbranched alkanes of at least 4 members (excludes halogenated alkanes) is 1. The first-order chi connectivity index (χ1) is 9.29. The molecule has 0 unspecified atom stereocenters. The maximum Gasteiger partial charge on any atom is 0.0447 e. The largest absolute Gasteiger partial charge is 0.341 e. The highest BCUT2D eigenvalue weighted by molar-refractivity contribution is 6.30. The minimum atomic E-state index is 0.827. The molecule has 1 aliphatic rings. The van der Waals surface area contributed by atoms with Gasteiger partial charge < -0.3 is 4.90 Å². The lowest BCUT2D eigenvalue weighted by molar-refractivity contribution is 0.776. The average Bonchev–Trinajstić information content (AvgIpc) is 2.43. The van der Waals surface area contributed by atoms with Crippen molar-refractivity contribution < 1.29 is 0 Å². The number of rotatable bonds is 3. The van der Waals surface area contributed by atoms with Crippen molar-refractivity contribution >= 4 is 23.0 Å². The van der Waals surface area contributed by atoms with E-state index in [-0.39, 0.29) is 0 Å². The van der Waals surface area contributed by atoms with Crippen LogP contribution in [0.3, 0.4) is 0 Å². The molecule has 0 spiro atoms. The van der Waals surface area contributed by atoms with E-state index in [9.17, 15) is 0 Å². The number of hydrogen-bond donors (Lipinski definition) is 0. The summed E-state index contributed by atoms with van der Waals surface area (Å²) in [5, 5.41) is 0.827. The summed E-state index contributed by atoms with van der Waals surface area (Å²) in [5.41, 5.74) is 5.40. The molecule has 0 saturated heterocycles. The predicted octanol–water partition coefficient (Wildman–Crippen LogP) is 5.18. The highest BCUT2D eigenvalue weighted by Gasteiger charge is 2.21. The fourth-order valence-corrected chi connectivity index (χ4v) is 2.97. The van der Waals surface area contributed by atoms with Gasteiger partial charge >= 0.3 is 0 Å². The number of hydrogen-bond acceptors (Lipinski definition) is 1. The van der Waals surface area contributed by atoms with E-state index in [1.54, 1.807) is 0 Å². The van der Waals surface area contributed by atoms with E-state index in [1.807, 2.05) is 6.07 Å². The van der Waals surface area contributed by atoms with Crippen LogP contribution in [0.1, 0.15) is 30.9 Å². The van der Waals surface area contributed by atoms with Gasteiger partial charge in [-0.05, 0) is 41.8 Å². The number of benzene rings is 2. The summed E-state index contributed by atoms with van der Waals surface area (Å²) in [6.45, 7) is 3.31. The van der Waals surface area contributed by atoms with E-state index in [0.717, 1.165) is 18.0 Å².